The summed E-state index contributed by atoms with van der Waals surface area (Å²) in [4.78, 5) is 12.9. The van der Waals surface area contributed by atoms with Gasteiger partial charge < -0.3 is 18.6 Å². The zero-order valence-electron chi connectivity index (χ0n) is 18.3. The summed E-state index contributed by atoms with van der Waals surface area (Å²) in [6.45, 7) is 6.08. The predicted molar refractivity (Wildman–Crippen MR) is 127 cm³/mol. The lowest BCUT2D eigenvalue weighted by atomic mass is 9.99. The summed E-state index contributed by atoms with van der Waals surface area (Å²) < 4.78 is 22.2. The minimum atomic E-state index is -0.417. The summed E-state index contributed by atoms with van der Waals surface area (Å²) in [6.07, 6.45) is 1.80. The molecule has 0 aliphatic carbocycles. The lowest BCUT2D eigenvalue weighted by Crippen LogP contribution is -2.06. The molecule has 0 unspecified atom stereocenters. The Bertz CT molecular complexity index is 1330. The van der Waals surface area contributed by atoms with Crippen LogP contribution >= 0.6 is 0 Å². The first-order chi connectivity index (χ1) is 15.5. The Kier molecular flexibility index (Phi) is 5.99. The molecule has 5 nitrogen and oxygen atoms in total. The molecule has 0 spiro atoms. The maximum atomic E-state index is 12.9. The molecule has 1 heterocycles. The van der Waals surface area contributed by atoms with Crippen molar-refractivity contribution >= 4 is 17.0 Å². The van der Waals surface area contributed by atoms with E-state index in [0.29, 0.717) is 40.6 Å². The fraction of sp³-hybridized carbons (Fsp3) is 0.148. The minimum Gasteiger partial charge on any atom is -0.493 e. The fourth-order valence-electron chi connectivity index (χ4n) is 3.67. The van der Waals surface area contributed by atoms with Crippen molar-refractivity contribution in [3.05, 3.63) is 94.4 Å². The molecule has 32 heavy (non-hydrogen) atoms. The first kappa shape index (κ1) is 21.2. The molecular formula is C27H24O5. The first-order valence-electron chi connectivity index (χ1n) is 10.2. The van der Waals surface area contributed by atoms with Gasteiger partial charge in [0.25, 0.3) is 0 Å². The van der Waals surface area contributed by atoms with E-state index < -0.39 is 5.63 Å². The van der Waals surface area contributed by atoms with Crippen molar-refractivity contribution in [2.24, 2.45) is 0 Å². The highest BCUT2D eigenvalue weighted by atomic mass is 16.5. The maximum Gasteiger partial charge on any atom is 0.344 e. The van der Waals surface area contributed by atoms with Crippen LogP contribution in [0, 0.1) is 6.92 Å². The van der Waals surface area contributed by atoms with Crippen LogP contribution in [0.25, 0.3) is 28.2 Å². The average Bonchev–Trinajstić information content (AvgIpc) is 2.82. The lowest BCUT2D eigenvalue weighted by Gasteiger charge is -2.12. The fourth-order valence-corrected chi connectivity index (χ4v) is 3.67. The van der Waals surface area contributed by atoms with Crippen LogP contribution in [-0.4, -0.2) is 14.2 Å². The molecule has 1 aromatic heterocycles. The Balaban J connectivity index is 1.66. The molecule has 4 rings (SSSR count). The van der Waals surface area contributed by atoms with Gasteiger partial charge in [-0.25, -0.2) is 4.79 Å². The topological polar surface area (TPSA) is 57.9 Å². The van der Waals surface area contributed by atoms with Gasteiger partial charge in [0.2, 0.25) is 0 Å². The zero-order chi connectivity index (χ0) is 22.7. The van der Waals surface area contributed by atoms with Crippen molar-refractivity contribution in [1.29, 1.82) is 0 Å². The Hall–Kier alpha value is -3.99. The van der Waals surface area contributed by atoms with Crippen molar-refractivity contribution in [3.63, 3.8) is 0 Å². The van der Waals surface area contributed by atoms with Crippen LogP contribution in [0.5, 0.6) is 17.2 Å². The second-order valence-corrected chi connectivity index (χ2v) is 7.35. The standard InChI is InChI=1S/C27H24O5/c1-5-18-6-8-19(9-7-18)16-31-21-11-12-22-17(2)26(27(28)32-24(22)15-21)20-10-13-23(29-3)25(14-20)30-4/h5-15H,1,16H2,2-4H3. The monoisotopic (exact) mass is 428 g/mol. The third kappa shape index (κ3) is 4.10. The van der Waals surface area contributed by atoms with E-state index in [1.54, 1.807) is 38.5 Å². The number of benzene rings is 3. The second kappa shape index (κ2) is 9.02. The molecule has 3 aromatic carbocycles. The van der Waals surface area contributed by atoms with E-state index in [-0.39, 0.29) is 0 Å². The highest BCUT2D eigenvalue weighted by molar-refractivity contribution is 5.87. The Morgan fingerprint density at radius 2 is 1.69 bits per heavy atom. The van der Waals surface area contributed by atoms with Gasteiger partial charge in [0.05, 0.1) is 19.8 Å². The molecule has 0 fully saturated rings. The van der Waals surface area contributed by atoms with E-state index in [0.717, 1.165) is 22.1 Å². The van der Waals surface area contributed by atoms with Crippen LogP contribution in [0.3, 0.4) is 0 Å². The van der Waals surface area contributed by atoms with Gasteiger partial charge in [0.1, 0.15) is 17.9 Å². The molecule has 0 aliphatic rings. The summed E-state index contributed by atoms with van der Waals surface area (Å²) in [5, 5.41) is 0.845. The van der Waals surface area contributed by atoms with Crippen molar-refractivity contribution in [2.75, 3.05) is 14.2 Å². The quantitative estimate of drug-likeness (QED) is 0.338. The van der Waals surface area contributed by atoms with Gasteiger partial charge in [-0.15, -0.1) is 0 Å². The van der Waals surface area contributed by atoms with Crippen LogP contribution in [-0.2, 0) is 6.61 Å². The number of aryl methyl sites for hydroxylation is 1. The zero-order valence-corrected chi connectivity index (χ0v) is 18.3. The molecule has 4 aromatic rings. The molecule has 0 atom stereocenters. The van der Waals surface area contributed by atoms with Gasteiger partial charge in [-0.3, -0.25) is 0 Å². The van der Waals surface area contributed by atoms with E-state index >= 15 is 0 Å². The van der Waals surface area contributed by atoms with Crippen molar-refractivity contribution in [3.8, 4) is 28.4 Å². The van der Waals surface area contributed by atoms with Crippen LogP contribution in [0.1, 0.15) is 16.7 Å². The van der Waals surface area contributed by atoms with Crippen LogP contribution < -0.4 is 19.8 Å². The second-order valence-electron chi connectivity index (χ2n) is 7.35. The summed E-state index contributed by atoms with van der Waals surface area (Å²) in [5.74, 6) is 1.78. The molecule has 0 bridgehead atoms. The van der Waals surface area contributed by atoms with Gasteiger partial charge in [-0.05, 0) is 53.4 Å². The Labute approximate surface area is 186 Å². The number of rotatable bonds is 7. The van der Waals surface area contributed by atoms with E-state index in [9.17, 15) is 4.79 Å². The van der Waals surface area contributed by atoms with Gasteiger partial charge in [-0.1, -0.05) is 43.0 Å². The molecule has 0 radical (unpaired) electrons. The van der Waals surface area contributed by atoms with E-state index in [1.807, 2.05) is 49.4 Å². The van der Waals surface area contributed by atoms with E-state index in [2.05, 4.69) is 6.58 Å². The maximum absolute atomic E-state index is 12.9. The van der Waals surface area contributed by atoms with Crippen molar-refractivity contribution in [2.45, 2.75) is 13.5 Å². The Morgan fingerprint density at radius 1 is 0.938 bits per heavy atom. The van der Waals surface area contributed by atoms with E-state index in [4.69, 9.17) is 18.6 Å². The first-order valence-corrected chi connectivity index (χ1v) is 10.2. The molecule has 0 saturated heterocycles. The molecule has 0 N–H and O–H groups in total. The van der Waals surface area contributed by atoms with E-state index in [1.165, 1.54) is 0 Å². The smallest absolute Gasteiger partial charge is 0.344 e. The van der Waals surface area contributed by atoms with Crippen LogP contribution in [0.4, 0.5) is 0 Å². The molecule has 0 amide bonds. The molecule has 0 aliphatic heterocycles. The number of hydrogen-bond acceptors (Lipinski definition) is 5. The summed E-state index contributed by atoms with van der Waals surface area (Å²) in [5.41, 5.74) is 4.19. The van der Waals surface area contributed by atoms with Gasteiger partial charge in [0.15, 0.2) is 11.5 Å². The number of hydrogen-bond donors (Lipinski definition) is 0. The van der Waals surface area contributed by atoms with Gasteiger partial charge >= 0.3 is 5.63 Å². The lowest BCUT2D eigenvalue weighted by molar-refractivity contribution is 0.306. The third-order valence-corrected chi connectivity index (χ3v) is 5.43. The SMILES string of the molecule is C=Cc1ccc(COc2ccc3c(C)c(-c4ccc(OC)c(OC)c4)c(=O)oc3c2)cc1. The van der Waals surface area contributed by atoms with Gasteiger partial charge in [0, 0.05) is 11.5 Å². The van der Waals surface area contributed by atoms with Gasteiger partial charge in [-0.2, -0.15) is 0 Å². The summed E-state index contributed by atoms with van der Waals surface area (Å²) >= 11 is 0. The summed E-state index contributed by atoms with van der Waals surface area (Å²) in [7, 11) is 3.13. The molecule has 162 valence electrons. The molecule has 0 saturated carbocycles. The van der Waals surface area contributed by atoms with Crippen LogP contribution in [0.2, 0.25) is 0 Å². The third-order valence-electron chi connectivity index (χ3n) is 5.43. The largest absolute Gasteiger partial charge is 0.493 e. The predicted octanol–water partition coefficient (Wildman–Crippen LogP) is 6.01. The van der Waals surface area contributed by atoms with Crippen LogP contribution in [0.15, 0.2) is 76.5 Å². The molecule has 5 heteroatoms. The van der Waals surface area contributed by atoms with Crippen molar-refractivity contribution in [1.82, 2.24) is 0 Å². The summed E-state index contributed by atoms with van der Waals surface area (Å²) in [6, 6.07) is 18.9. The minimum absolute atomic E-state index is 0.413. The highest BCUT2D eigenvalue weighted by Gasteiger charge is 2.16. The number of ether oxygens (including phenoxy) is 3. The average molecular weight is 428 g/mol. The normalized spacial score (nSPS) is 10.7. The van der Waals surface area contributed by atoms with Crippen molar-refractivity contribution < 1.29 is 18.6 Å². The number of fused-ring (bicyclic) bond motifs is 1. The highest BCUT2D eigenvalue weighted by Crippen LogP contribution is 2.34. The Morgan fingerprint density at radius 3 is 2.38 bits per heavy atom. The number of methoxy groups -OCH3 is 2. The molecular weight excluding hydrogens is 404 g/mol.